The normalized spacial score (nSPS) is 25.5. The molecule has 1 aliphatic rings. The van der Waals surface area contributed by atoms with Gasteiger partial charge in [0.05, 0.1) is 31.8 Å². The molecule has 1 aliphatic heterocycles. The highest BCUT2D eigenvalue weighted by Gasteiger charge is 2.47. The van der Waals surface area contributed by atoms with Crippen LogP contribution in [0, 0.1) is 5.92 Å². The van der Waals surface area contributed by atoms with E-state index in [2.05, 4.69) is 5.32 Å². The lowest BCUT2D eigenvalue weighted by Crippen LogP contribution is -2.60. The number of hydrogen-bond acceptors (Lipinski definition) is 11. The average Bonchev–Trinajstić information content (AvgIpc) is 3.30. The van der Waals surface area contributed by atoms with Crippen LogP contribution in [0.2, 0.25) is 0 Å². The molecule has 6 N–H and O–H groups in total. The fraction of sp³-hybridized carbons (Fsp3) is 0.696. The zero-order valence-electron chi connectivity index (χ0n) is 20.8. The third kappa shape index (κ3) is 9.33. The number of nitrogens with one attached hydrogen (secondary N) is 1. The number of ketones is 1. The van der Waals surface area contributed by atoms with Gasteiger partial charge in [0.15, 0.2) is 18.2 Å². The summed E-state index contributed by atoms with van der Waals surface area (Å²) in [6.07, 6.45) is -2.36. The number of rotatable bonds is 17. The number of ether oxygens (including phenoxy) is 3. The van der Waals surface area contributed by atoms with E-state index in [1.54, 1.807) is 13.3 Å². The summed E-state index contributed by atoms with van der Waals surface area (Å²) in [4.78, 5) is 35.1. The molecule has 1 fully saturated rings. The molecular formula is C23H36N2O11S. The third-order valence-corrected chi connectivity index (χ3v) is 6.71. The maximum atomic E-state index is 12.6. The van der Waals surface area contributed by atoms with Crippen molar-refractivity contribution >= 4 is 29.5 Å². The minimum Gasteiger partial charge on any atom is -0.481 e. The molecule has 210 valence electrons. The van der Waals surface area contributed by atoms with Crippen molar-refractivity contribution in [3.63, 3.8) is 0 Å². The number of carbonyl (C=O) groups is 3. The van der Waals surface area contributed by atoms with Crippen molar-refractivity contribution in [2.75, 3.05) is 38.9 Å². The zero-order valence-corrected chi connectivity index (χ0v) is 21.6. The number of Topliss-reactive ketones (excluding diaryl/α,β-unsaturated/α-hetero) is 1. The first-order valence-corrected chi connectivity index (χ1v) is 13.2. The second-order valence-corrected chi connectivity index (χ2v) is 9.59. The van der Waals surface area contributed by atoms with Crippen LogP contribution in [0.25, 0.3) is 0 Å². The van der Waals surface area contributed by atoms with Crippen LogP contribution in [0.3, 0.4) is 0 Å². The summed E-state index contributed by atoms with van der Waals surface area (Å²) in [7, 11) is 1.67. The Hall–Kier alpha value is -2.04. The molecule has 37 heavy (non-hydrogen) atoms. The maximum Gasteiger partial charge on any atom is 0.335 e. The summed E-state index contributed by atoms with van der Waals surface area (Å²) in [5.41, 5.74) is 0.907. The van der Waals surface area contributed by atoms with Gasteiger partial charge in [-0.25, -0.2) is 4.79 Å². The first-order chi connectivity index (χ1) is 17.6. The van der Waals surface area contributed by atoms with E-state index in [1.165, 1.54) is 11.8 Å². The van der Waals surface area contributed by atoms with Crippen LogP contribution in [0.4, 0.5) is 0 Å². The number of aliphatic hydroxyl groups is 3. The summed E-state index contributed by atoms with van der Waals surface area (Å²) in [6, 6.07) is 1.38. The number of nitrogens with zero attached hydrogens (tertiary/aromatic N) is 1. The van der Waals surface area contributed by atoms with E-state index in [0.29, 0.717) is 25.3 Å². The number of thioether (sulfide) groups is 1. The second kappa shape index (κ2) is 15.4. The molecule has 7 atom stereocenters. The smallest absolute Gasteiger partial charge is 0.335 e. The zero-order chi connectivity index (χ0) is 27.5. The summed E-state index contributed by atoms with van der Waals surface area (Å²) in [6.45, 7) is 0.872. The summed E-state index contributed by atoms with van der Waals surface area (Å²) in [5, 5.41) is 50.7. The largest absolute Gasteiger partial charge is 0.481 e. The van der Waals surface area contributed by atoms with Gasteiger partial charge < -0.3 is 49.6 Å². The van der Waals surface area contributed by atoms with E-state index in [9.17, 15) is 34.8 Å². The number of carbonyl (C=O) groups excluding carboxylic acids is 1. The van der Waals surface area contributed by atoms with Crippen molar-refractivity contribution in [1.29, 1.82) is 0 Å². The SMILES string of the molecule is CN[C@@H](Cc1ccn(CCOCCOC2OC(C(=O)O)C(O)[C@H](O)[C@@H]2O)c1)C(=O)C[C@H](CSC)C(=O)O. The van der Waals surface area contributed by atoms with Crippen molar-refractivity contribution in [2.24, 2.45) is 5.92 Å². The number of aromatic nitrogens is 1. The topological polar surface area (TPSA) is 197 Å². The van der Waals surface area contributed by atoms with Crippen LogP contribution >= 0.6 is 11.8 Å². The number of carboxylic acid groups (broad SMARTS) is 2. The van der Waals surface area contributed by atoms with Gasteiger partial charge in [0.2, 0.25) is 0 Å². The predicted octanol–water partition coefficient (Wildman–Crippen LogP) is -1.43. The lowest BCUT2D eigenvalue weighted by atomic mass is 9.96. The minimum absolute atomic E-state index is 0.0300. The lowest BCUT2D eigenvalue weighted by Gasteiger charge is -2.38. The molecular weight excluding hydrogens is 512 g/mol. The van der Waals surface area contributed by atoms with Gasteiger partial charge in [0.1, 0.15) is 18.3 Å². The molecule has 1 aromatic heterocycles. The van der Waals surface area contributed by atoms with Crippen molar-refractivity contribution in [3.05, 3.63) is 24.0 Å². The van der Waals surface area contributed by atoms with Crippen LogP contribution in [0.5, 0.6) is 0 Å². The van der Waals surface area contributed by atoms with Crippen LogP contribution in [-0.4, -0.2) is 123 Å². The van der Waals surface area contributed by atoms with Gasteiger partial charge in [-0.15, -0.1) is 0 Å². The van der Waals surface area contributed by atoms with Gasteiger partial charge in [-0.1, -0.05) is 0 Å². The van der Waals surface area contributed by atoms with Gasteiger partial charge in [-0.3, -0.25) is 9.59 Å². The number of likely N-dealkylation sites (N-methyl/N-ethyl adjacent to an activating group) is 1. The maximum absolute atomic E-state index is 12.6. The predicted molar refractivity (Wildman–Crippen MR) is 131 cm³/mol. The Bertz CT molecular complexity index is 883. The van der Waals surface area contributed by atoms with Gasteiger partial charge in [0.25, 0.3) is 0 Å². The van der Waals surface area contributed by atoms with E-state index in [-0.39, 0.29) is 25.4 Å². The highest BCUT2D eigenvalue weighted by atomic mass is 32.2. The Morgan fingerprint density at radius 3 is 2.49 bits per heavy atom. The number of carboxylic acids is 2. The van der Waals surface area contributed by atoms with Crippen molar-refractivity contribution < 1.29 is 54.1 Å². The molecule has 13 nitrogen and oxygen atoms in total. The van der Waals surface area contributed by atoms with E-state index < -0.39 is 54.6 Å². The Labute approximate surface area is 218 Å². The van der Waals surface area contributed by atoms with E-state index in [4.69, 9.17) is 19.3 Å². The number of hydrogen-bond donors (Lipinski definition) is 6. The van der Waals surface area contributed by atoms with E-state index in [0.717, 1.165) is 5.56 Å². The standard InChI is InChI=1S/C23H36N2O11S/c1-24-15(16(26)10-14(12-37-2)21(30)31)9-13-3-4-25(11-13)5-6-34-7-8-35-23-19(29)17(27)18(28)20(36-23)22(32)33/h3-4,11,14-15,17-20,23-24,27-29H,5-10,12H2,1-2H3,(H,30,31)(H,32,33)/t14-,15+,17+,18?,19+,20?,23?/m1/s1. The van der Waals surface area contributed by atoms with Crippen molar-refractivity contribution in [1.82, 2.24) is 9.88 Å². The van der Waals surface area contributed by atoms with Gasteiger partial charge >= 0.3 is 11.9 Å². The fourth-order valence-corrected chi connectivity index (χ4v) is 4.51. The van der Waals surface area contributed by atoms with Crippen LogP contribution < -0.4 is 5.32 Å². The molecule has 1 saturated heterocycles. The van der Waals surface area contributed by atoms with Crippen LogP contribution in [0.15, 0.2) is 18.5 Å². The lowest BCUT2D eigenvalue weighted by molar-refractivity contribution is -0.295. The van der Waals surface area contributed by atoms with Crippen LogP contribution in [0.1, 0.15) is 12.0 Å². The van der Waals surface area contributed by atoms with Crippen LogP contribution in [-0.2, 0) is 41.6 Å². The number of aliphatic hydroxyl groups excluding tert-OH is 3. The molecule has 2 rings (SSSR count). The van der Waals surface area contributed by atoms with Gasteiger partial charge in [-0.05, 0) is 31.4 Å². The molecule has 0 saturated carbocycles. The molecule has 0 bridgehead atoms. The quantitative estimate of drug-likeness (QED) is 0.124. The molecule has 0 spiro atoms. The Morgan fingerprint density at radius 2 is 1.86 bits per heavy atom. The molecule has 0 aliphatic carbocycles. The Balaban J connectivity index is 1.72. The second-order valence-electron chi connectivity index (χ2n) is 8.68. The molecule has 3 unspecified atom stereocenters. The molecule has 2 heterocycles. The summed E-state index contributed by atoms with van der Waals surface area (Å²) < 4.78 is 17.7. The molecule has 0 aromatic carbocycles. The molecule has 0 radical (unpaired) electrons. The molecule has 1 aromatic rings. The monoisotopic (exact) mass is 548 g/mol. The third-order valence-electron chi connectivity index (χ3n) is 5.97. The van der Waals surface area contributed by atoms with Gasteiger partial charge in [0, 0.05) is 31.1 Å². The highest BCUT2D eigenvalue weighted by molar-refractivity contribution is 7.98. The summed E-state index contributed by atoms with van der Waals surface area (Å²) in [5.74, 6) is -2.95. The highest BCUT2D eigenvalue weighted by Crippen LogP contribution is 2.22. The molecule has 0 amide bonds. The summed E-state index contributed by atoms with van der Waals surface area (Å²) >= 11 is 1.39. The fourth-order valence-electron chi connectivity index (χ4n) is 3.85. The first kappa shape index (κ1) is 31.2. The Morgan fingerprint density at radius 1 is 1.14 bits per heavy atom. The van der Waals surface area contributed by atoms with Crippen molar-refractivity contribution in [2.45, 2.75) is 56.1 Å². The number of aliphatic carboxylic acids is 2. The first-order valence-electron chi connectivity index (χ1n) is 11.8. The van der Waals surface area contributed by atoms with Crippen molar-refractivity contribution in [3.8, 4) is 0 Å². The molecule has 14 heteroatoms. The van der Waals surface area contributed by atoms with E-state index >= 15 is 0 Å². The van der Waals surface area contributed by atoms with Gasteiger partial charge in [-0.2, -0.15) is 11.8 Å². The minimum atomic E-state index is -1.78. The van der Waals surface area contributed by atoms with E-state index in [1.807, 2.05) is 23.0 Å². The Kier molecular flexibility index (Phi) is 13.0. The average molecular weight is 549 g/mol.